The van der Waals surface area contributed by atoms with Crippen molar-refractivity contribution in [1.29, 1.82) is 0 Å². The molecule has 0 aromatic rings. The normalized spacial score (nSPS) is 24.2. The molecule has 112 valence electrons. The third-order valence-corrected chi connectivity index (χ3v) is 3.78. The molecule has 1 aliphatic heterocycles. The van der Waals surface area contributed by atoms with Gasteiger partial charge in [0.25, 0.3) is 0 Å². The molecule has 0 spiro atoms. The van der Waals surface area contributed by atoms with Gasteiger partial charge in [0.1, 0.15) is 6.54 Å². The van der Waals surface area contributed by atoms with Crippen molar-refractivity contribution in [3.05, 3.63) is 0 Å². The van der Waals surface area contributed by atoms with Gasteiger partial charge in [-0.3, -0.25) is 24.1 Å². The fraction of sp³-hybridized carbons (Fsp3) is 0.714. The number of imide groups is 1. The van der Waals surface area contributed by atoms with Crippen molar-refractivity contribution >= 4 is 23.5 Å². The summed E-state index contributed by atoms with van der Waals surface area (Å²) in [7, 11) is 0. The van der Waals surface area contributed by atoms with E-state index in [-0.39, 0.29) is 30.1 Å². The summed E-state index contributed by atoms with van der Waals surface area (Å²) < 4.78 is 0. The number of hydrogen-bond donors (Lipinski definition) is 1. The maximum Gasteiger partial charge on any atom is 0.240 e. The number of rotatable bonds is 5. The number of likely N-dealkylation sites (tertiary alicyclic amines) is 1. The summed E-state index contributed by atoms with van der Waals surface area (Å²) in [6.45, 7) is 8.08. The van der Waals surface area contributed by atoms with Crippen LogP contribution in [0.25, 0.3) is 0 Å². The Morgan fingerprint density at radius 3 is 1.95 bits per heavy atom. The molecule has 3 amide bonds. The molecule has 0 aromatic carbocycles. The Morgan fingerprint density at radius 2 is 1.60 bits per heavy atom. The molecule has 1 rings (SSSR count). The first-order chi connectivity index (χ1) is 9.16. The summed E-state index contributed by atoms with van der Waals surface area (Å²) in [5, 5.41) is 2.58. The van der Waals surface area contributed by atoms with Gasteiger partial charge < -0.3 is 5.32 Å². The third-order valence-electron chi connectivity index (χ3n) is 3.78. The molecular formula is C14H22N2O4. The smallest absolute Gasteiger partial charge is 0.240 e. The molecule has 0 aromatic heterocycles. The van der Waals surface area contributed by atoms with E-state index in [4.69, 9.17) is 0 Å². The van der Waals surface area contributed by atoms with Crippen LogP contribution in [0.3, 0.4) is 0 Å². The van der Waals surface area contributed by atoms with Crippen LogP contribution in [0.2, 0.25) is 0 Å². The van der Waals surface area contributed by atoms with E-state index in [2.05, 4.69) is 5.32 Å². The number of carbonyl (C=O) groups is 4. The van der Waals surface area contributed by atoms with Gasteiger partial charge in [0.05, 0.1) is 6.04 Å². The summed E-state index contributed by atoms with van der Waals surface area (Å²) >= 11 is 0. The third kappa shape index (κ3) is 3.23. The highest BCUT2D eigenvalue weighted by Gasteiger charge is 2.43. The fourth-order valence-corrected chi connectivity index (χ4v) is 2.28. The summed E-state index contributed by atoms with van der Waals surface area (Å²) in [4.78, 5) is 48.1. The second-order valence-electron chi connectivity index (χ2n) is 5.74. The molecule has 0 radical (unpaired) electrons. The van der Waals surface area contributed by atoms with Crippen LogP contribution >= 0.6 is 0 Å². The zero-order valence-corrected chi connectivity index (χ0v) is 12.6. The number of amides is 3. The van der Waals surface area contributed by atoms with E-state index in [9.17, 15) is 19.2 Å². The Labute approximate surface area is 118 Å². The molecule has 0 saturated carbocycles. The first-order valence-electron chi connectivity index (χ1n) is 6.81. The standard InChI is InChI=1S/C14H22N2O4/c1-7(2)12(10(5)17)15-11(18)6-16-13(19)8(3)9(4)14(16)20/h7-9,12H,6H2,1-5H3,(H,15,18). The van der Waals surface area contributed by atoms with Gasteiger partial charge in [-0.15, -0.1) is 0 Å². The first-order valence-corrected chi connectivity index (χ1v) is 6.81. The van der Waals surface area contributed by atoms with Gasteiger partial charge in [-0.1, -0.05) is 27.7 Å². The Morgan fingerprint density at radius 1 is 1.15 bits per heavy atom. The van der Waals surface area contributed by atoms with Crippen molar-refractivity contribution in [2.24, 2.45) is 17.8 Å². The van der Waals surface area contributed by atoms with Crippen LogP contribution in [0, 0.1) is 17.8 Å². The Balaban J connectivity index is 2.70. The highest BCUT2D eigenvalue weighted by Crippen LogP contribution is 2.24. The lowest BCUT2D eigenvalue weighted by atomic mass is 10.00. The number of hydrogen-bond acceptors (Lipinski definition) is 4. The molecule has 6 heteroatoms. The lowest BCUT2D eigenvalue weighted by Crippen LogP contribution is -2.48. The van der Waals surface area contributed by atoms with E-state index >= 15 is 0 Å². The lowest BCUT2D eigenvalue weighted by Gasteiger charge is -2.21. The van der Waals surface area contributed by atoms with E-state index in [1.807, 2.05) is 13.8 Å². The van der Waals surface area contributed by atoms with Crippen molar-refractivity contribution in [1.82, 2.24) is 10.2 Å². The van der Waals surface area contributed by atoms with E-state index in [1.54, 1.807) is 13.8 Å². The Bertz CT molecular complexity index is 424. The molecule has 1 N–H and O–H groups in total. The summed E-state index contributed by atoms with van der Waals surface area (Å²) in [6, 6.07) is -0.592. The Kier molecular flexibility index (Phi) is 5.03. The van der Waals surface area contributed by atoms with Crippen molar-refractivity contribution < 1.29 is 19.2 Å². The molecule has 0 bridgehead atoms. The predicted octanol–water partition coefficient (Wildman–Crippen LogP) is 0.357. The second-order valence-corrected chi connectivity index (χ2v) is 5.74. The van der Waals surface area contributed by atoms with E-state index < -0.39 is 23.8 Å². The number of nitrogens with one attached hydrogen (secondary N) is 1. The van der Waals surface area contributed by atoms with Crippen LogP contribution in [0.15, 0.2) is 0 Å². The fourth-order valence-electron chi connectivity index (χ4n) is 2.28. The topological polar surface area (TPSA) is 83.6 Å². The molecule has 1 heterocycles. The van der Waals surface area contributed by atoms with Crippen LogP contribution in [0.1, 0.15) is 34.6 Å². The van der Waals surface area contributed by atoms with E-state index in [1.165, 1.54) is 6.92 Å². The van der Waals surface area contributed by atoms with E-state index in [0.29, 0.717) is 0 Å². The monoisotopic (exact) mass is 282 g/mol. The van der Waals surface area contributed by atoms with Crippen LogP contribution in [0.5, 0.6) is 0 Å². The predicted molar refractivity (Wildman–Crippen MR) is 72.5 cm³/mol. The summed E-state index contributed by atoms with van der Waals surface area (Å²) in [5.41, 5.74) is 0. The van der Waals surface area contributed by atoms with Gasteiger partial charge >= 0.3 is 0 Å². The molecule has 0 aliphatic carbocycles. The maximum atomic E-state index is 11.9. The van der Waals surface area contributed by atoms with Gasteiger partial charge in [0.15, 0.2) is 5.78 Å². The molecular weight excluding hydrogens is 260 g/mol. The van der Waals surface area contributed by atoms with Crippen molar-refractivity contribution in [2.75, 3.05) is 6.54 Å². The minimum atomic E-state index is -0.592. The molecule has 3 atom stereocenters. The van der Waals surface area contributed by atoms with Gasteiger partial charge in [-0.2, -0.15) is 0 Å². The number of nitrogens with zero attached hydrogens (tertiary/aromatic N) is 1. The second kappa shape index (κ2) is 6.15. The molecule has 1 aliphatic rings. The molecule has 1 saturated heterocycles. The minimum Gasteiger partial charge on any atom is -0.344 e. The summed E-state index contributed by atoms with van der Waals surface area (Å²) in [6.07, 6.45) is 0. The highest BCUT2D eigenvalue weighted by atomic mass is 16.2. The minimum absolute atomic E-state index is 0.0423. The molecule has 20 heavy (non-hydrogen) atoms. The maximum absolute atomic E-state index is 11.9. The number of carbonyl (C=O) groups excluding carboxylic acids is 4. The molecule has 1 fully saturated rings. The van der Waals surface area contributed by atoms with Gasteiger partial charge in [0.2, 0.25) is 17.7 Å². The highest BCUT2D eigenvalue weighted by molar-refractivity contribution is 6.07. The first kappa shape index (κ1) is 16.3. The van der Waals surface area contributed by atoms with Gasteiger partial charge in [-0.05, 0) is 12.8 Å². The van der Waals surface area contributed by atoms with Crippen molar-refractivity contribution in [3.8, 4) is 0 Å². The zero-order chi connectivity index (χ0) is 15.6. The van der Waals surface area contributed by atoms with Crippen LogP contribution in [-0.2, 0) is 19.2 Å². The average molecular weight is 282 g/mol. The number of Topliss-reactive ketones (excluding diaryl/α,β-unsaturated/α-hetero) is 1. The molecule has 6 nitrogen and oxygen atoms in total. The zero-order valence-electron chi connectivity index (χ0n) is 12.6. The molecule has 3 unspecified atom stereocenters. The van der Waals surface area contributed by atoms with Crippen molar-refractivity contribution in [2.45, 2.75) is 40.7 Å². The van der Waals surface area contributed by atoms with Crippen molar-refractivity contribution in [3.63, 3.8) is 0 Å². The van der Waals surface area contributed by atoms with Gasteiger partial charge in [0, 0.05) is 11.8 Å². The van der Waals surface area contributed by atoms with E-state index in [0.717, 1.165) is 4.90 Å². The van der Waals surface area contributed by atoms with Crippen LogP contribution < -0.4 is 5.32 Å². The largest absolute Gasteiger partial charge is 0.344 e. The average Bonchev–Trinajstić information content (AvgIpc) is 2.53. The summed E-state index contributed by atoms with van der Waals surface area (Å²) in [5.74, 6) is -2.13. The van der Waals surface area contributed by atoms with Gasteiger partial charge in [-0.25, -0.2) is 0 Å². The quantitative estimate of drug-likeness (QED) is 0.738. The SMILES string of the molecule is CC(=O)C(NC(=O)CN1C(=O)C(C)C(C)C1=O)C(C)C. The lowest BCUT2D eigenvalue weighted by molar-refractivity contribution is -0.143. The Hall–Kier alpha value is -1.72. The van der Waals surface area contributed by atoms with Crippen LogP contribution in [-0.4, -0.2) is 41.0 Å². The number of ketones is 1. The van der Waals surface area contributed by atoms with Crippen LogP contribution in [0.4, 0.5) is 0 Å².